The average Bonchev–Trinajstić information content (AvgIpc) is 3.24. The first-order valence-corrected chi connectivity index (χ1v) is 8.90. The lowest BCUT2D eigenvalue weighted by molar-refractivity contribution is 0.102. The molecule has 1 unspecified atom stereocenters. The number of benzene rings is 1. The summed E-state index contributed by atoms with van der Waals surface area (Å²) in [6.45, 7) is 4.14. The van der Waals surface area contributed by atoms with E-state index in [4.69, 9.17) is 11.6 Å². The third-order valence-corrected chi connectivity index (χ3v) is 4.89. The lowest BCUT2D eigenvalue weighted by Crippen LogP contribution is -2.17. The van der Waals surface area contributed by atoms with E-state index in [1.807, 2.05) is 28.9 Å². The second-order valence-electron chi connectivity index (χ2n) is 5.42. The Morgan fingerprint density at radius 3 is 2.79 bits per heavy atom. The minimum absolute atomic E-state index is 0.218. The zero-order valence-electron chi connectivity index (χ0n) is 13.4. The van der Waals surface area contributed by atoms with Gasteiger partial charge in [-0.05, 0) is 25.5 Å². The predicted octanol–water partition coefficient (Wildman–Crippen LogP) is 4.88. The summed E-state index contributed by atoms with van der Waals surface area (Å²) in [5.74, 6) is 0.437. The lowest BCUT2D eigenvalue weighted by atomic mass is 10.2. The Hall–Kier alpha value is -2.18. The maximum Gasteiger partial charge on any atom is 0.276 e. The number of anilines is 1. The molecule has 0 aliphatic heterocycles. The van der Waals surface area contributed by atoms with Gasteiger partial charge in [-0.1, -0.05) is 30.7 Å². The number of nitrogens with zero attached hydrogens (tertiary/aromatic N) is 3. The van der Waals surface area contributed by atoms with Gasteiger partial charge >= 0.3 is 0 Å². The molecule has 0 bridgehead atoms. The van der Waals surface area contributed by atoms with Crippen molar-refractivity contribution >= 4 is 34.7 Å². The monoisotopic (exact) mass is 360 g/mol. The van der Waals surface area contributed by atoms with Gasteiger partial charge in [-0.3, -0.25) is 4.79 Å². The highest BCUT2D eigenvalue weighted by atomic mass is 35.5. The molecule has 124 valence electrons. The molecule has 0 saturated heterocycles. The van der Waals surface area contributed by atoms with Gasteiger partial charge in [0.05, 0.1) is 12.2 Å². The van der Waals surface area contributed by atoms with Gasteiger partial charge in [-0.2, -0.15) is 5.10 Å². The highest BCUT2D eigenvalue weighted by Gasteiger charge is 2.15. The topological polar surface area (TPSA) is 59.8 Å². The van der Waals surface area contributed by atoms with Crippen LogP contribution in [0.15, 0.2) is 41.9 Å². The number of amides is 1. The van der Waals surface area contributed by atoms with Crippen molar-refractivity contribution in [2.75, 3.05) is 5.32 Å². The molecule has 1 amide bonds. The fourth-order valence-electron chi connectivity index (χ4n) is 2.22. The second-order valence-corrected chi connectivity index (χ2v) is 6.71. The smallest absolute Gasteiger partial charge is 0.276 e. The van der Waals surface area contributed by atoms with E-state index >= 15 is 0 Å². The predicted molar refractivity (Wildman–Crippen MR) is 97.7 cm³/mol. The van der Waals surface area contributed by atoms with Gasteiger partial charge in [0.15, 0.2) is 0 Å². The molecule has 0 saturated carbocycles. The van der Waals surface area contributed by atoms with Gasteiger partial charge in [0.25, 0.3) is 5.91 Å². The molecule has 1 aromatic carbocycles. The van der Waals surface area contributed by atoms with Gasteiger partial charge in [-0.25, -0.2) is 9.67 Å². The molecule has 7 heteroatoms. The molecule has 2 aromatic heterocycles. The first-order chi connectivity index (χ1) is 11.6. The van der Waals surface area contributed by atoms with Gasteiger partial charge in [0, 0.05) is 22.0 Å². The zero-order chi connectivity index (χ0) is 17.1. The van der Waals surface area contributed by atoms with Crippen LogP contribution in [0.5, 0.6) is 0 Å². The Morgan fingerprint density at radius 2 is 2.08 bits per heavy atom. The minimum atomic E-state index is -0.239. The summed E-state index contributed by atoms with van der Waals surface area (Å²) in [4.78, 5) is 16.9. The highest BCUT2D eigenvalue weighted by Crippen LogP contribution is 2.25. The third kappa shape index (κ3) is 3.49. The standard InChI is InChI=1S/C17H17ClN4OS/c1-3-11(2)22-15(8-9-19-22)21-16(23)14-10-24-17(20-14)12-4-6-13(18)7-5-12/h4-11H,3H2,1-2H3,(H,21,23). The SMILES string of the molecule is CCC(C)n1nccc1NC(=O)c1csc(-c2ccc(Cl)cc2)n1. The van der Waals surface area contributed by atoms with Crippen LogP contribution in [0.25, 0.3) is 10.6 Å². The molecule has 3 aromatic rings. The molecule has 5 nitrogen and oxygen atoms in total. The van der Waals surface area contributed by atoms with Crippen molar-refractivity contribution in [1.29, 1.82) is 0 Å². The molecule has 1 atom stereocenters. The van der Waals surface area contributed by atoms with Crippen LogP contribution in [0.2, 0.25) is 5.02 Å². The van der Waals surface area contributed by atoms with Crippen molar-refractivity contribution in [2.45, 2.75) is 26.3 Å². The summed E-state index contributed by atoms with van der Waals surface area (Å²) in [6, 6.07) is 9.40. The quantitative estimate of drug-likeness (QED) is 0.705. The molecule has 0 spiro atoms. The fourth-order valence-corrected chi connectivity index (χ4v) is 3.15. The van der Waals surface area contributed by atoms with Gasteiger partial charge in [0.2, 0.25) is 0 Å². The van der Waals surface area contributed by atoms with Crippen LogP contribution in [-0.2, 0) is 0 Å². The number of thiazole rings is 1. The Labute approximate surface area is 149 Å². The van der Waals surface area contributed by atoms with E-state index in [9.17, 15) is 4.79 Å². The summed E-state index contributed by atoms with van der Waals surface area (Å²) in [6.07, 6.45) is 2.62. The summed E-state index contributed by atoms with van der Waals surface area (Å²) in [5.41, 5.74) is 1.33. The fraction of sp³-hybridized carbons (Fsp3) is 0.235. The summed E-state index contributed by atoms with van der Waals surface area (Å²) in [7, 11) is 0. The maximum absolute atomic E-state index is 12.4. The van der Waals surface area contributed by atoms with Crippen LogP contribution in [0.4, 0.5) is 5.82 Å². The number of hydrogen-bond acceptors (Lipinski definition) is 4. The van der Waals surface area contributed by atoms with E-state index in [-0.39, 0.29) is 11.9 Å². The van der Waals surface area contributed by atoms with Crippen LogP contribution in [-0.4, -0.2) is 20.7 Å². The Balaban J connectivity index is 1.77. The zero-order valence-corrected chi connectivity index (χ0v) is 14.9. The number of rotatable bonds is 5. The van der Waals surface area contributed by atoms with Crippen LogP contribution >= 0.6 is 22.9 Å². The lowest BCUT2D eigenvalue weighted by Gasteiger charge is -2.13. The van der Waals surface area contributed by atoms with E-state index in [1.54, 1.807) is 17.6 Å². The van der Waals surface area contributed by atoms with E-state index in [0.29, 0.717) is 16.5 Å². The number of aromatic nitrogens is 3. The first kappa shape index (κ1) is 16.7. The van der Waals surface area contributed by atoms with Gasteiger partial charge < -0.3 is 5.32 Å². The average molecular weight is 361 g/mol. The van der Waals surface area contributed by atoms with Gasteiger partial charge in [0.1, 0.15) is 16.5 Å². The number of halogens is 1. The Morgan fingerprint density at radius 1 is 1.33 bits per heavy atom. The maximum atomic E-state index is 12.4. The van der Waals surface area contributed by atoms with Crippen LogP contribution in [0, 0.1) is 0 Å². The number of carbonyl (C=O) groups is 1. The van der Waals surface area contributed by atoms with Crippen molar-refractivity contribution in [3.8, 4) is 10.6 Å². The summed E-state index contributed by atoms with van der Waals surface area (Å²) < 4.78 is 1.81. The normalized spacial score (nSPS) is 12.1. The third-order valence-electron chi connectivity index (χ3n) is 3.75. The molecule has 0 aliphatic carbocycles. The number of nitrogens with one attached hydrogen (secondary N) is 1. The molecule has 0 aliphatic rings. The van der Waals surface area contributed by atoms with E-state index in [2.05, 4.69) is 29.2 Å². The molecule has 24 heavy (non-hydrogen) atoms. The second kappa shape index (κ2) is 7.15. The molecule has 0 fully saturated rings. The Kier molecular flexibility index (Phi) is 4.97. The van der Waals surface area contributed by atoms with Crippen LogP contribution in [0.3, 0.4) is 0 Å². The molecular formula is C17H17ClN4OS. The molecule has 1 N–H and O–H groups in total. The molecular weight excluding hydrogens is 344 g/mol. The van der Waals surface area contributed by atoms with E-state index < -0.39 is 0 Å². The molecule has 0 radical (unpaired) electrons. The van der Waals surface area contributed by atoms with Crippen molar-refractivity contribution in [3.05, 3.63) is 52.6 Å². The molecule has 2 heterocycles. The summed E-state index contributed by atoms with van der Waals surface area (Å²) in [5, 5.41) is 10.4. The molecule has 3 rings (SSSR count). The minimum Gasteiger partial charge on any atom is -0.305 e. The first-order valence-electron chi connectivity index (χ1n) is 7.64. The number of carbonyl (C=O) groups excluding carboxylic acids is 1. The van der Waals surface area contributed by atoms with Gasteiger partial charge in [-0.15, -0.1) is 11.3 Å². The van der Waals surface area contributed by atoms with Crippen molar-refractivity contribution in [1.82, 2.24) is 14.8 Å². The van der Waals surface area contributed by atoms with Crippen molar-refractivity contribution < 1.29 is 4.79 Å². The summed E-state index contributed by atoms with van der Waals surface area (Å²) >= 11 is 7.32. The van der Waals surface area contributed by atoms with E-state index in [1.165, 1.54) is 11.3 Å². The van der Waals surface area contributed by atoms with Crippen molar-refractivity contribution in [3.63, 3.8) is 0 Å². The van der Waals surface area contributed by atoms with Crippen LogP contribution < -0.4 is 5.32 Å². The van der Waals surface area contributed by atoms with Crippen LogP contribution in [0.1, 0.15) is 36.8 Å². The number of hydrogen-bond donors (Lipinski definition) is 1. The highest BCUT2D eigenvalue weighted by molar-refractivity contribution is 7.13. The Bertz CT molecular complexity index is 840. The largest absolute Gasteiger partial charge is 0.305 e. The van der Waals surface area contributed by atoms with E-state index in [0.717, 1.165) is 17.0 Å². The van der Waals surface area contributed by atoms with Crippen molar-refractivity contribution in [2.24, 2.45) is 0 Å².